The number of carbonyl (C=O) groups excluding carboxylic acids is 1. The second kappa shape index (κ2) is 8.20. The summed E-state index contributed by atoms with van der Waals surface area (Å²) in [6, 6.07) is 7.34. The number of carbonyl (C=O) groups is 1. The fraction of sp³-hybridized carbons (Fsp3) is 0.400. The molecule has 0 bridgehead atoms. The van der Waals surface area contributed by atoms with Gasteiger partial charge in [-0.05, 0) is 56.0 Å². The van der Waals surface area contributed by atoms with Gasteiger partial charge in [0.05, 0.1) is 14.6 Å². The number of hydrogen-bond donors (Lipinski definition) is 0. The molecule has 0 spiro atoms. The maximum atomic E-state index is 12.8. The lowest BCUT2D eigenvalue weighted by Gasteiger charge is -2.29. The van der Waals surface area contributed by atoms with Gasteiger partial charge in [0.15, 0.2) is 4.80 Å². The molecule has 2 aromatic heterocycles. The van der Waals surface area contributed by atoms with Crippen molar-refractivity contribution < 1.29 is 13.2 Å². The number of hydrogen-bond acceptors (Lipinski definition) is 5. The number of benzene rings is 1. The molecule has 160 valence electrons. The number of halogens is 1. The summed E-state index contributed by atoms with van der Waals surface area (Å²) in [5.41, 5.74) is 3.41. The molecule has 0 aliphatic carbocycles. The summed E-state index contributed by atoms with van der Waals surface area (Å²) in [6.07, 6.45) is 0.931. The van der Waals surface area contributed by atoms with Crippen LogP contribution in [-0.2, 0) is 21.9 Å². The van der Waals surface area contributed by atoms with Crippen LogP contribution in [0.5, 0.6) is 0 Å². The molecule has 1 saturated heterocycles. The Morgan fingerprint density at radius 2 is 1.87 bits per heavy atom. The molecule has 6 nitrogen and oxygen atoms in total. The predicted molar refractivity (Wildman–Crippen MR) is 122 cm³/mol. The van der Waals surface area contributed by atoms with E-state index in [0.29, 0.717) is 35.1 Å². The highest BCUT2D eigenvalue weighted by Gasteiger charge is 2.33. The van der Waals surface area contributed by atoms with Gasteiger partial charge in [0.1, 0.15) is 4.21 Å². The predicted octanol–water partition coefficient (Wildman–Crippen LogP) is 4.10. The molecule has 0 radical (unpaired) electrons. The summed E-state index contributed by atoms with van der Waals surface area (Å²) >= 11 is 8.45. The van der Waals surface area contributed by atoms with Crippen LogP contribution in [0.15, 0.2) is 33.5 Å². The van der Waals surface area contributed by atoms with Crippen molar-refractivity contribution in [2.24, 2.45) is 18.0 Å². The number of aromatic nitrogens is 1. The van der Waals surface area contributed by atoms with Gasteiger partial charge in [-0.3, -0.25) is 4.79 Å². The van der Waals surface area contributed by atoms with Gasteiger partial charge >= 0.3 is 0 Å². The second-order valence-electron chi connectivity index (χ2n) is 7.56. The first kappa shape index (κ1) is 21.7. The average Bonchev–Trinajstić information content (AvgIpc) is 3.27. The molecule has 1 aliphatic heterocycles. The first-order valence-electron chi connectivity index (χ1n) is 9.57. The van der Waals surface area contributed by atoms with Gasteiger partial charge in [-0.15, -0.1) is 11.3 Å². The zero-order valence-electron chi connectivity index (χ0n) is 16.9. The number of thiazole rings is 1. The molecule has 3 heterocycles. The van der Waals surface area contributed by atoms with Gasteiger partial charge in [-0.1, -0.05) is 29.0 Å². The molecule has 1 fully saturated rings. The fourth-order valence-corrected chi connectivity index (χ4v) is 7.95. The third kappa shape index (κ3) is 4.01. The molecule has 0 atom stereocenters. The maximum absolute atomic E-state index is 12.8. The Balaban J connectivity index is 1.52. The van der Waals surface area contributed by atoms with Crippen LogP contribution in [0.1, 0.15) is 24.0 Å². The average molecular weight is 484 g/mol. The van der Waals surface area contributed by atoms with E-state index in [1.807, 2.05) is 11.6 Å². The minimum Gasteiger partial charge on any atom is -0.319 e. The summed E-state index contributed by atoms with van der Waals surface area (Å²) in [4.78, 5) is 17.9. The van der Waals surface area contributed by atoms with E-state index in [-0.39, 0.29) is 16.0 Å². The largest absolute Gasteiger partial charge is 0.319 e. The number of thiophene rings is 1. The van der Waals surface area contributed by atoms with E-state index in [2.05, 4.69) is 31.0 Å². The number of aryl methyl sites for hydroxylation is 3. The lowest BCUT2D eigenvalue weighted by Crippen LogP contribution is -2.40. The summed E-state index contributed by atoms with van der Waals surface area (Å²) in [5, 5.41) is 0. The van der Waals surface area contributed by atoms with Crippen molar-refractivity contribution in [3.05, 3.63) is 44.5 Å². The third-order valence-corrected chi connectivity index (χ3v) is 10.3. The topological polar surface area (TPSA) is 71.7 Å². The lowest BCUT2D eigenvalue weighted by atomic mass is 9.98. The number of amides is 1. The van der Waals surface area contributed by atoms with E-state index >= 15 is 0 Å². The van der Waals surface area contributed by atoms with Crippen LogP contribution in [0, 0.1) is 19.8 Å². The third-order valence-electron chi connectivity index (χ3n) is 5.39. The second-order valence-corrected chi connectivity index (χ2v) is 12.4. The molecule has 1 aliphatic rings. The van der Waals surface area contributed by atoms with Crippen LogP contribution in [0.3, 0.4) is 0 Å². The summed E-state index contributed by atoms with van der Waals surface area (Å²) in [7, 11) is -1.64. The highest BCUT2D eigenvalue weighted by Crippen LogP contribution is 2.31. The number of fused-ring (bicyclic) bond motifs is 1. The van der Waals surface area contributed by atoms with Crippen LogP contribution >= 0.6 is 34.3 Å². The van der Waals surface area contributed by atoms with Crippen LogP contribution in [0.2, 0.25) is 4.34 Å². The van der Waals surface area contributed by atoms with Gasteiger partial charge in [0, 0.05) is 26.1 Å². The Morgan fingerprint density at radius 1 is 1.17 bits per heavy atom. The van der Waals surface area contributed by atoms with E-state index < -0.39 is 10.0 Å². The Morgan fingerprint density at radius 3 is 2.50 bits per heavy atom. The number of rotatable bonds is 3. The van der Waals surface area contributed by atoms with Gasteiger partial charge in [0.2, 0.25) is 0 Å². The molecular weight excluding hydrogens is 462 g/mol. The lowest BCUT2D eigenvalue weighted by molar-refractivity contribution is -0.122. The number of sulfonamides is 1. The minimum absolute atomic E-state index is 0.178. The maximum Gasteiger partial charge on any atom is 0.252 e. The van der Waals surface area contributed by atoms with Crippen molar-refractivity contribution in [1.29, 1.82) is 0 Å². The van der Waals surface area contributed by atoms with E-state index in [1.54, 1.807) is 6.07 Å². The van der Waals surface area contributed by atoms with Gasteiger partial charge in [-0.25, -0.2) is 8.42 Å². The molecule has 10 heteroatoms. The van der Waals surface area contributed by atoms with Gasteiger partial charge in [-0.2, -0.15) is 9.30 Å². The van der Waals surface area contributed by atoms with E-state index in [9.17, 15) is 13.2 Å². The van der Waals surface area contributed by atoms with Crippen molar-refractivity contribution in [3.63, 3.8) is 0 Å². The van der Waals surface area contributed by atoms with Crippen molar-refractivity contribution in [1.82, 2.24) is 8.87 Å². The van der Waals surface area contributed by atoms with E-state index in [1.165, 1.54) is 32.8 Å². The Labute approximate surface area is 188 Å². The standard InChI is InChI=1S/C20H22ClN3O3S3/c1-12-10-13(2)18-15(11-12)23(3)20(29-18)22-19(25)14-6-8-24(9-7-14)30(26,27)17-5-4-16(21)28-17/h4-5,10-11,14H,6-9H2,1-3H3. The molecule has 0 saturated carbocycles. The zero-order valence-corrected chi connectivity index (χ0v) is 20.1. The molecule has 3 aromatic rings. The fourth-order valence-electron chi connectivity index (χ4n) is 3.77. The first-order valence-corrected chi connectivity index (χ1v) is 13.0. The van der Waals surface area contributed by atoms with Crippen molar-refractivity contribution in [3.8, 4) is 0 Å². The first-order chi connectivity index (χ1) is 14.2. The molecule has 0 N–H and O–H groups in total. The molecule has 1 amide bonds. The molecular formula is C20H22ClN3O3S3. The van der Waals surface area contributed by atoms with E-state index in [0.717, 1.165) is 21.6 Å². The van der Waals surface area contributed by atoms with Gasteiger partial charge in [0.25, 0.3) is 15.9 Å². The quantitative estimate of drug-likeness (QED) is 0.563. The highest BCUT2D eigenvalue weighted by atomic mass is 35.5. The molecule has 0 unspecified atom stereocenters. The Kier molecular flexibility index (Phi) is 5.93. The SMILES string of the molecule is Cc1cc(C)c2sc(=NC(=O)C3CCN(S(=O)(=O)c4ccc(Cl)s4)CC3)n(C)c2c1. The van der Waals surface area contributed by atoms with Crippen molar-refractivity contribution in [2.75, 3.05) is 13.1 Å². The minimum atomic E-state index is -3.56. The van der Waals surface area contributed by atoms with Crippen LogP contribution < -0.4 is 4.80 Å². The van der Waals surface area contributed by atoms with Crippen molar-refractivity contribution in [2.45, 2.75) is 30.9 Å². The normalized spacial score (nSPS) is 17.1. The zero-order chi connectivity index (χ0) is 21.6. The van der Waals surface area contributed by atoms with Crippen LogP contribution in [0.4, 0.5) is 0 Å². The van der Waals surface area contributed by atoms with Gasteiger partial charge < -0.3 is 4.57 Å². The molecule has 30 heavy (non-hydrogen) atoms. The molecule has 4 rings (SSSR count). The van der Waals surface area contributed by atoms with Crippen LogP contribution in [-0.4, -0.2) is 36.3 Å². The van der Waals surface area contributed by atoms with E-state index in [4.69, 9.17) is 11.6 Å². The summed E-state index contributed by atoms with van der Waals surface area (Å²) in [5.74, 6) is -0.445. The van der Waals surface area contributed by atoms with Crippen LogP contribution in [0.25, 0.3) is 10.2 Å². The highest BCUT2D eigenvalue weighted by molar-refractivity contribution is 7.91. The summed E-state index contributed by atoms with van der Waals surface area (Å²) in [6.45, 7) is 4.73. The monoisotopic (exact) mass is 483 g/mol. The molecule has 1 aromatic carbocycles. The summed E-state index contributed by atoms with van der Waals surface area (Å²) < 4.78 is 30.7. The smallest absolute Gasteiger partial charge is 0.252 e. The Hall–Kier alpha value is -1.52. The number of nitrogens with zero attached hydrogens (tertiary/aromatic N) is 3. The Bertz CT molecular complexity index is 1300. The van der Waals surface area contributed by atoms with Crippen molar-refractivity contribution >= 4 is 60.4 Å². The number of piperidine rings is 1.